The molecule has 3 heteroatoms. The van der Waals surface area contributed by atoms with Crippen LogP contribution in [0.2, 0.25) is 0 Å². The van der Waals surface area contributed by atoms with Crippen molar-refractivity contribution in [2.75, 3.05) is 0 Å². The largest absolute Gasteiger partial charge is 0.456 e. The van der Waals surface area contributed by atoms with E-state index in [4.69, 9.17) is 14.4 Å². The van der Waals surface area contributed by atoms with Crippen LogP contribution in [-0.2, 0) is 5.41 Å². The van der Waals surface area contributed by atoms with E-state index < -0.39 is 5.41 Å². The standard InChI is InChI=1S/C59H36N2O/c1-3-15-37(16-4-1)41-31-42(39-28-30-57-49(34-39)47-22-10-14-26-56(47)62-57)33-43(32-41)55-36-54(60-58(61-55)38-17-5-2-6-18-38)40-27-29-53-48(35-40)46-21-9-13-25-52(46)59(53)50-23-11-7-19-44(50)45-20-8-12-24-51(45)59/h1-36H. The monoisotopic (exact) mass is 788 g/mol. The molecule has 62 heavy (non-hydrogen) atoms. The fourth-order valence-electron chi connectivity index (χ4n) is 10.4. The van der Waals surface area contributed by atoms with Gasteiger partial charge in [-0.3, -0.25) is 0 Å². The highest BCUT2D eigenvalue weighted by Crippen LogP contribution is 2.63. The van der Waals surface area contributed by atoms with Gasteiger partial charge in [-0.1, -0.05) is 170 Å². The average molecular weight is 789 g/mol. The first kappa shape index (κ1) is 34.7. The molecule has 0 radical (unpaired) electrons. The van der Waals surface area contributed by atoms with Crippen molar-refractivity contribution in [2.24, 2.45) is 0 Å². The number of hydrogen-bond donors (Lipinski definition) is 0. The molecule has 3 nitrogen and oxygen atoms in total. The van der Waals surface area contributed by atoms with Gasteiger partial charge in [-0.05, 0) is 115 Å². The molecule has 2 aromatic heterocycles. The second-order valence-electron chi connectivity index (χ2n) is 16.4. The number of benzene rings is 9. The van der Waals surface area contributed by atoms with Gasteiger partial charge in [0.25, 0.3) is 0 Å². The van der Waals surface area contributed by atoms with E-state index in [1.165, 1.54) is 44.5 Å². The van der Waals surface area contributed by atoms with E-state index >= 15 is 0 Å². The minimum atomic E-state index is -0.399. The number of fused-ring (bicyclic) bond motifs is 13. The molecule has 0 aliphatic heterocycles. The maximum absolute atomic E-state index is 6.23. The minimum Gasteiger partial charge on any atom is -0.456 e. The maximum Gasteiger partial charge on any atom is 0.160 e. The van der Waals surface area contributed by atoms with Gasteiger partial charge < -0.3 is 4.42 Å². The summed E-state index contributed by atoms with van der Waals surface area (Å²) >= 11 is 0. The van der Waals surface area contributed by atoms with Gasteiger partial charge in [0.05, 0.1) is 16.8 Å². The summed E-state index contributed by atoms with van der Waals surface area (Å²) in [5.41, 5.74) is 21.0. The van der Waals surface area contributed by atoms with E-state index in [1.54, 1.807) is 0 Å². The third-order valence-electron chi connectivity index (χ3n) is 13.1. The summed E-state index contributed by atoms with van der Waals surface area (Å²) in [6.07, 6.45) is 0. The number of hydrogen-bond acceptors (Lipinski definition) is 3. The van der Waals surface area contributed by atoms with Crippen LogP contribution in [-0.4, -0.2) is 9.97 Å². The minimum absolute atomic E-state index is 0.399. The molecule has 0 fully saturated rings. The van der Waals surface area contributed by atoms with Crippen molar-refractivity contribution < 1.29 is 4.42 Å². The molecule has 0 unspecified atom stereocenters. The first-order chi connectivity index (χ1) is 30.7. The summed E-state index contributed by atoms with van der Waals surface area (Å²) in [6, 6.07) is 78.6. The predicted molar refractivity (Wildman–Crippen MR) is 253 cm³/mol. The Hall–Kier alpha value is -8.14. The lowest BCUT2D eigenvalue weighted by atomic mass is 9.70. The molecule has 11 aromatic rings. The van der Waals surface area contributed by atoms with Crippen molar-refractivity contribution in [2.45, 2.75) is 5.41 Å². The van der Waals surface area contributed by atoms with Gasteiger partial charge in [0.15, 0.2) is 5.82 Å². The van der Waals surface area contributed by atoms with Crippen LogP contribution in [0.15, 0.2) is 223 Å². The van der Waals surface area contributed by atoms with Gasteiger partial charge in [0.1, 0.15) is 11.2 Å². The Bertz CT molecular complexity index is 3540. The van der Waals surface area contributed by atoms with E-state index in [9.17, 15) is 0 Å². The van der Waals surface area contributed by atoms with Gasteiger partial charge in [-0.15, -0.1) is 0 Å². The Labute approximate surface area is 359 Å². The molecule has 2 aliphatic rings. The Morgan fingerprint density at radius 1 is 0.290 bits per heavy atom. The lowest BCUT2D eigenvalue weighted by Gasteiger charge is -2.30. The van der Waals surface area contributed by atoms with Crippen LogP contribution in [0.3, 0.4) is 0 Å². The van der Waals surface area contributed by atoms with Crippen LogP contribution in [0, 0.1) is 0 Å². The molecule has 1 spiro atoms. The second kappa shape index (κ2) is 13.4. The van der Waals surface area contributed by atoms with E-state index in [1.807, 2.05) is 18.2 Å². The number of para-hydroxylation sites is 1. The van der Waals surface area contributed by atoms with Crippen molar-refractivity contribution in [1.82, 2.24) is 9.97 Å². The third-order valence-corrected chi connectivity index (χ3v) is 13.1. The summed E-state index contributed by atoms with van der Waals surface area (Å²) < 4.78 is 6.23. The predicted octanol–water partition coefficient (Wildman–Crippen LogP) is 15.1. The van der Waals surface area contributed by atoms with Crippen LogP contribution in [0.4, 0.5) is 0 Å². The lowest BCUT2D eigenvalue weighted by molar-refractivity contribution is 0.669. The zero-order valence-electron chi connectivity index (χ0n) is 33.6. The lowest BCUT2D eigenvalue weighted by Crippen LogP contribution is -2.25. The zero-order chi connectivity index (χ0) is 40.8. The van der Waals surface area contributed by atoms with Gasteiger partial charge in [-0.25, -0.2) is 9.97 Å². The van der Waals surface area contributed by atoms with Gasteiger partial charge in [0, 0.05) is 27.5 Å². The van der Waals surface area contributed by atoms with Crippen molar-refractivity contribution >= 4 is 21.9 Å². The Morgan fingerprint density at radius 2 is 0.790 bits per heavy atom. The number of nitrogens with zero attached hydrogens (tertiary/aromatic N) is 2. The van der Waals surface area contributed by atoms with Crippen LogP contribution in [0.1, 0.15) is 22.3 Å². The van der Waals surface area contributed by atoms with Crippen LogP contribution >= 0.6 is 0 Å². The van der Waals surface area contributed by atoms with E-state index in [-0.39, 0.29) is 0 Å². The molecule has 0 saturated carbocycles. The molecule has 0 bridgehead atoms. The van der Waals surface area contributed by atoms with Crippen molar-refractivity contribution in [3.63, 3.8) is 0 Å². The summed E-state index contributed by atoms with van der Waals surface area (Å²) in [7, 11) is 0. The number of furan rings is 1. The fraction of sp³-hybridized carbons (Fsp3) is 0.0169. The maximum atomic E-state index is 6.23. The van der Waals surface area contributed by atoms with Gasteiger partial charge in [0.2, 0.25) is 0 Å². The van der Waals surface area contributed by atoms with E-state index in [0.717, 1.165) is 72.3 Å². The van der Waals surface area contributed by atoms with Crippen LogP contribution in [0.5, 0.6) is 0 Å². The summed E-state index contributed by atoms with van der Waals surface area (Å²) in [5, 5.41) is 2.21. The quantitative estimate of drug-likeness (QED) is 0.174. The first-order valence-corrected chi connectivity index (χ1v) is 21.2. The van der Waals surface area contributed by atoms with E-state index in [0.29, 0.717) is 5.82 Å². The third kappa shape index (κ3) is 5.12. The molecule has 2 heterocycles. The fourth-order valence-corrected chi connectivity index (χ4v) is 10.4. The molecule has 288 valence electrons. The number of rotatable bonds is 5. The molecule has 0 amide bonds. The molecule has 0 saturated heterocycles. The Kier molecular flexibility index (Phi) is 7.52. The van der Waals surface area contributed by atoms with Crippen LogP contribution < -0.4 is 0 Å². The highest BCUT2D eigenvalue weighted by molar-refractivity contribution is 6.06. The highest BCUT2D eigenvalue weighted by atomic mass is 16.3. The Morgan fingerprint density at radius 3 is 1.48 bits per heavy atom. The topological polar surface area (TPSA) is 38.9 Å². The summed E-state index contributed by atoms with van der Waals surface area (Å²) in [6.45, 7) is 0. The first-order valence-electron chi connectivity index (χ1n) is 21.2. The molecule has 13 rings (SSSR count). The molecule has 0 N–H and O–H groups in total. The average Bonchev–Trinajstić information content (AvgIpc) is 3.98. The highest BCUT2D eigenvalue weighted by Gasteiger charge is 2.51. The van der Waals surface area contributed by atoms with Crippen molar-refractivity contribution in [3.05, 3.63) is 241 Å². The molecule has 0 atom stereocenters. The normalized spacial score (nSPS) is 13.0. The zero-order valence-corrected chi connectivity index (χ0v) is 33.6. The summed E-state index contributed by atoms with van der Waals surface area (Å²) in [5.74, 6) is 0.687. The molecular formula is C59H36N2O. The van der Waals surface area contributed by atoms with E-state index in [2.05, 4.69) is 200 Å². The second-order valence-corrected chi connectivity index (χ2v) is 16.4. The van der Waals surface area contributed by atoms with Crippen molar-refractivity contribution in [1.29, 1.82) is 0 Å². The summed E-state index contributed by atoms with van der Waals surface area (Å²) in [4.78, 5) is 10.7. The molecule has 2 aliphatic carbocycles. The van der Waals surface area contributed by atoms with Gasteiger partial charge >= 0.3 is 0 Å². The SMILES string of the molecule is c1ccc(-c2cc(-c3ccc4oc5ccccc5c4c3)cc(-c3cc(-c4ccc5c(c4)-c4ccccc4C54c5ccccc5-c5ccccc54)nc(-c4ccccc4)n3)c2)cc1. The van der Waals surface area contributed by atoms with Crippen LogP contribution in [0.25, 0.3) is 100 Å². The van der Waals surface area contributed by atoms with Crippen molar-refractivity contribution in [3.8, 4) is 78.4 Å². The Balaban J connectivity index is 1.02. The smallest absolute Gasteiger partial charge is 0.160 e. The van der Waals surface area contributed by atoms with Gasteiger partial charge in [-0.2, -0.15) is 0 Å². The molecule has 9 aromatic carbocycles. The molecular weight excluding hydrogens is 753 g/mol. The number of aromatic nitrogens is 2.